The van der Waals surface area contributed by atoms with Crippen molar-refractivity contribution in [2.75, 3.05) is 7.11 Å². The topological polar surface area (TPSA) is 54.1 Å². The first-order chi connectivity index (χ1) is 23.8. The summed E-state index contributed by atoms with van der Waals surface area (Å²) in [5.41, 5.74) is 11.8. The van der Waals surface area contributed by atoms with Crippen LogP contribution in [0.5, 0.6) is 17.2 Å². The SMILES string of the molecule is COc1ccnc(-n2c3[c-]c(Oc4[c-]c(-n5cc(-c6c(C(C)(C)C)c(C)c(C)c(C)c6C(C)(C)C)cn5)ccc4)ccc3c3ccccc32)c1.[Pt+2]. The molecule has 0 unspecified atom stereocenters. The van der Waals surface area contributed by atoms with Gasteiger partial charge in [0.05, 0.1) is 13.3 Å². The third kappa shape index (κ3) is 6.51. The van der Waals surface area contributed by atoms with Crippen LogP contribution in [0.1, 0.15) is 69.4 Å². The fraction of sp³-hybridized carbons (Fsp3) is 0.273. The number of aromatic nitrogens is 4. The molecule has 3 aromatic heterocycles. The molecule has 0 atom stereocenters. The third-order valence-electron chi connectivity index (χ3n) is 9.70. The first-order valence-electron chi connectivity index (χ1n) is 17.1. The number of methoxy groups -OCH3 is 1. The molecule has 0 saturated carbocycles. The maximum Gasteiger partial charge on any atom is 2.00 e. The zero-order valence-corrected chi connectivity index (χ0v) is 33.3. The molecule has 0 aliphatic heterocycles. The summed E-state index contributed by atoms with van der Waals surface area (Å²) in [6.07, 6.45) is 5.87. The van der Waals surface area contributed by atoms with Crippen LogP contribution >= 0.6 is 0 Å². The van der Waals surface area contributed by atoms with Crippen LogP contribution in [0, 0.1) is 32.9 Å². The predicted molar refractivity (Wildman–Crippen MR) is 203 cm³/mol. The number of nitrogens with zero attached hydrogens (tertiary/aromatic N) is 4. The van der Waals surface area contributed by atoms with E-state index in [9.17, 15) is 0 Å². The van der Waals surface area contributed by atoms with Crippen molar-refractivity contribution in [1.29, 1.82) is 0 Å². The molecule has 262 valence electrons. The molecule has 6 nitrogen and oxygen atoms in total. The van der Waals surface area contributed by atoms with Crippen molar-refractivity contribution in [3.8, 4) is 39.9 Å². The molecule has 51 heavy (non-hydrogen) atoms. The Kier molecular flexibility index (Phi) is 9.54. The monoisotopic (exact) mass is 855 g/mol. The van der Waals surface area contributed by atoms with E-state index < -0.39 is 0 Å². The predicted octanol–water partition coefficient (Wildman–Crippen LogP) is 11.0. The molecular weight excluding hydrogens is 812 g/mol. The Bertz CT molecular complexity index is 2360. The van der Waals surface area contributed by atoms with Crippen molar-refractivity contribution < 1.29 is 30.5 Å². The van der Waals surface area contributed by atoms with Gasteiger partial charge in [0.25, 0.3) is 0 Å². The van der Waals surface area contributed by atoms with Gasteiger partial charge in [-0.05, 0) is 88.2 Å². The number of rotatable bonds is 6. The number of hydrogen-bond donors (Lipinski definition) is 0. The van der Waals surface area contributed by atoms with Gasteiger partial charge in [-0.25, -0.2) is 4.98 Å². The van der Waals surface area contributed by atoms with E-state index in [1.807, 2.05) is 59.4 Å². The van der Waals surface area contributed by atoms with E-state index in [4.69, 9.17) is 14.6 Å². The summed E-state index contributed by atoms with van der Waals surface area (Å²) < 4.78 is 15.9. The van der Waals surface area contributed by atoms with Crippen LogP contribution in [0.2, 0.25) is 0 Å². The van der Waals surface area contributed by atoms with Gasteiger partial charge in [0.1, 0.15) is 11.6 Å². The molecule has 0 amide bonds. The van der Waals surface area contributed by atoms with Gasteiger partial charge in [-0.15, -0.1) is 35.7 Å². The maximum atomic E-state index is 6.43. The zero-order valence-electron chi connectivity index (χ0n) is 31.0. The largest absolute Gasteiger partial charge is 2.00 e. The van der Waals surface area contributed by atoms with Crippen LogP contribution in [0.15, 0.2) is 85.3 Å². The van der Waals surface area contributed by atoms with Gasteiger partial charge in [0, 0.05) is 41.0 Å². The van der Waals surface area contributed by atoms with E-state index in [-0.39, 0.29) is 31.9 Å². The van der Waals surface area contributed by atoms with Gasteiger partial charge >= 0.3 is 21.1 Å². The molecular formula is C44H44N4O2Pt. The van der Waals surface area contributed by atoms with Gasteiger partial charge in [0.15, 0.2) is 0 Å². The summed E-state index contributed by atoms with van der Waals surface area (Å²) in [5.74, 6) is 2.63. The van der Waals surface area contributed by atoms with Gasteiger partial charge in [-0.1, -0.05) is 65.3 Å². The Labute approximate surface area is 315 Å². The minimum atomic E-state index is -0.0498. The van der Waals surface area contributed by atoms with E-state index in [1.54, 1.807) is 13.3 Å². The van der Waals surface area contributed by atoms with Gasteiger partial charge in [-0.3, -0.25) is 4.68 Å². The number of ether oxygens (including phenoxy) is 2. The Morgan fingerprint density at radius 2 is 1.41 bits per heavy atom. The third-order valence-corrected chi connectivity index (χ3v) is 9.70. The van der Waals surface area contributed by atoms with Crippen LogP contribution < -0.4 is 9.47 Å². The zero-order chi connectivity index (χ0) is 35.5. The van der Waals surface area contributed by atoms with E-state index in [0.717, 1.165) is 44.6 Å². The first kappa shape index (κ1) is 36.1. The molecule has 0 bridgehead atoms. The second-order valence-electron chi connectivity index (χ2n) is 15.2. The second-order valence-corrected chi connectivity index (χ2v) is 15.2. The quantitative estimate of drug-likeness (QED) is 0.156. The molecule has 3 heterocycles. The summed E-state index contributed by atoms with van der Waals surface area (Å²) in [6.45, 7) is 20.6. The smallest absolute Gasteiger partial charge is 0.509 e. The fourth-order valence-electron chi connectivity index (χ4n) is 7.47. The number of benzene rings is 4. The minimum absolute atomic E-state index is 0. The second kappa shape index (κ2) is 13.5. The molecule has 0 N–H and O–H groups in total. The van der Waals surface area contributed by atoms with Gasteiger partial charge < -0.3 is 14.0 Å². The van der Waals surface area contributed by atoms with E-state index in [1.165, 1.54) is 33.4 Å². The average Bonchev–Trinajstić information content (AvgIpc) is 3.69. The molecule has 0 aliphatic rings. The maximum absolute atomic E-state index is 6.43. The van der Waals surface area contributed by atoms with Crippen molar-refractivity contribution in [2.24, 2.45) is 0 Å². The van der Waals surface area contributed by atoms with Crippen molar-refractivity contribution in [3.63, 3.8) is 0 Å². The van der Waals surface area contributed by atoms with Crippen LogP contribution in [-0.4, -0.2) is 26.4 Å². The summed E-state index contributed by atoms with van der Waals surface area (Å²) in [5, 5.41) is 7.04. The summed E-state index contributed by atoms with van der Waals surface area (Å²) in [7, 11) is 1.66. The first-order valence-corrected chi connectivity index (χ1v) is 17.1. The van der Waals surface area contributed by atoms with Crippen molar-refractivity contribution >= 4 is 21.8 Å². The van der Waals surface area contributed by atoms with Crippen molar-refractivity contribution in [2.45, 2.75) is 73.1 Å². The van der Waals surface area contributed by atoms with Gasteiger partial charge in [0.2, 0.25) is 0 Å². The number of pyridine rings is 1. The molecule has 7 heteroatoms. The number of para-hydroxylation sites is 1. The molecule has 0 fully saturated rings. The summed E-state index contributed by atoms with van der Waals surface area (Å²) >= 11 is 0. The molecule has 0 radical (unpaired) electrons. The fourth-order valence-corrected chi connectivity index (χ4v) is 7.47. The standard InChI is InChI=1S/C44H44N4O2.Pt/c1-27-28(2)41(43(4,5)6)40(42(29(27)3)44(7,8)9)30-25-46-47(26-30)31-14-13-15-33(22-31)50-34-18-19-36-35-16-11-12-17-37(35)48(38(36)23-34)39-24-32(49-10)20-21-45-39;/h11-21,24-26H,1-10H3;/q-2;+2. The van der Waals surface area contributed by atoms with Crippen LogP contribution in [-0.2, 0) is 31.9 Å². The molecule has 0 spiro atoms. The Hall–Kier alpha value is -4.67. The molecule has 0 aliphatic carbocycles. The van der Waals surface area contributed by atoms with E-state index in [0.29, 0.717) is 11.5 Å². The molecule has 0 saturated heterocycles. The number of fused-ring (bicyclic) bond motifs is 3. The molecule has 7 aromatic rings. The minimum Gasteiger partial charge on any atom is -0.509 e. The van der Waals surface area contributed by atoms with Crippen LogP contribution in [0.25, 0.3) is 44.4 Å². The molecule has 4 aromatic carbocycles. The van der Waals surface area contributed by atoms with Gasteiger partial charge in [-0.2, -0.15) is 17.2 Å². The van der Waals surface area contributed by atoms with Crippen LogP contribution in [0.3, 0.4) is 0 Å². The summed E-state index contributed by atoms with van der Waals surface area (Å²) in [4.78, 5) is 4.67. The Balaban J connectivity index is 0.00000448. The van der Waals surface area contributed by atoms with Crippen molar-refractivity contribution in [3.05, 3.63) is 125 Å². The summed E-state index contributed by atoms with van der Waals surface area (Å²) in [6, 6.07) is 29.0. The molecule has 7 rings (SSSR count). The van der Waals surface area contributed by atoms with Crippen molar-refractivity contribution in [1.82, 2.24) is 19.3 Å². The normalized spacial score (nSPS) is 12.0. The Morgan fingerprint density at radius 3 is 2.10 bits per heavy atom. The van der Waals surface area contributed by atoms with E-state index >= 15 is 0 Å². The Morgan fingerprint density at radius 1 is 0.725 bits per heavy atom. The van der Waals surface area contributed by atoms with Crippen LogP contribution in [0.4, 0.5) is 0 Å². The average molecular weight is 856 g/mol. The number of hydrogen-bond acceptors (Lipinski definition) is 4. The van der Waals surface area contributed by atoms with E-state index in [2.05, 4.69) is 108 Å².